The molecule has 0 atom stereocenters. The normalized spacial score (nSPS) is 10.1. The lowest BCUT2D eigenvalue weighted by Gasteiger charge is -2.03. The Bertz CT molecular complexity index is 362. The minimum absolute atomic E-state index is 1.11. The fourth-order valence-electron chi connectivity index (χ4n) is 1.25. The third-order valence-corrected chi connectivity index (χ3v) is 1.88. The van der Waals surface area contributed by atoms with Crippen molar-refractivity contribution >= 4 is 0 Å². The zero-order valence-corrected chi connectivity index (χ0v) is 6.94. The predicted octanol–water partition coefficient (Wildman–Crippen LogP) is 2.18. The molecule has 0 aliphatic rings. The molecule has 0 aliphatic carbocycles. The van der Waals surface area contributed by atoms with Crippen LogP contribution in [-0.2, 0) is 0 Å². The van der Waals surface area contributed by atoms with Crippen LogP contribution in [-0.4, -0.2) is 9.55 Å². The van der Waals surface area contributed by atoms with Crippen LogP contribution >= 0.6 is 0 Å². The molecule has 0 unspecified atom stereocenters. The number of hydrogen-bond donors (Lipinski definition) is 0. The second-order valence-electron chi connectivity index (χ2n) is 2.73. The van der Waals surface area contributed by atoms with E-state index in [0.29, 0.717) is 0 Å². The summed E-state index contributed by atoms with van der Waals surface area (Å²) in [6.07, 6.45) is 5.67. The average molecular weight is 158 g/mol. The molecule has 0 aliphatic heterocycles. The topological polar surface area (TPSA) is 17.8 Å². The predicted molar refractivity (Wildman–Crippen MR) is 48.3 cm³/mol. The van der Waals surface area contributed by atoms with E-state index in [1.54, 1.807) is 6.20 Å². The van der Waals surface area contributed by atoms with Crippen LogP contribution in [0.15, 0.2) is 42.9 Å². The first kappa shape index (κ1) is 7.10. The summed E-state index contributed by atoms with van der Waals surface area (Å²) >= 11 is 0. The summed E-state index contributed by atoms with van der Waals surface area (Å²) in [5.74, 6) is 0. The molecule has 0 amide bonds. The molecule has 0 fully saturated rings. The number of rotatable bonds is 1. The Morgan fingerprint density at radius 2 is 2.17 bits per heavy atom. The van der Waals surface area contributed by atoms with E-state index in [2.05, 4.69) is 22.5 Å². The number of hydrogen-bond acceptors (Lipinski definition) is 1. The molecule has 0 N–H and O–H groups in total. The molecule has 0 radical (unpaired) electrons. The van der Waals surface area contributed by atoms with Crippen molar-refractivity contribution in [1.29, 1.82) is 0 Å². The largest absolute Gasteiger partial charge is 0.320 e. The van der Waals surface area contributed by atoms with Gasteiger partial charge in [0.25, 0.3) is 0 Å². The van der Waals surface area contributed by atoms with Gasteiger partial charge >= 0.3 is 0 Å². The first-order chi connectivity index (χ1) is 5.88. The quantitative estimate of drug-likeness (QED) is 0.622. The summed E-state index contributed by atoms with van der Waals surface area (Å²) in [5, 5.41) is 0. The van der Waals surface area contributed by atoms with E-state index in [9.17, 15) is 0 Å². The van der Waals surface area contributed by atoms with Gasteiger partial charge in [-0.2, -0.15) is 0 Å². The fourth-order valence-corrected chi connectivity index (χ4v) is 1.25. The van der Waals surface area contributed by atoms with Gasteiger partial charge in [0.2, 0.25) is 0 Å². The van der Waals surface area contributed by atoms with E-state index in [4.69, 9.17) is 0 Å². The van der Waals surface area contributed by atoms with Crippen molar-refractivity contribution in [1.82, 2.24) is 9.55 Å². The third-order valence-electron chi connectivity index (χ3n) is 1.88. The molecule has 0 saturated carbocycles. The van der Waals surface area contributed by atoms with Gasteiger partial charge in [-0.05, 0) is 31.2 Å². The summed E-state index contributed by atoms with van der Waals surface area (Å²) in [4.78, 5) is 4.06. The lowest BCUT2D eigenvalue weighted by Crippen LogP contribution is -1.93. The van der Waals surface area contributed by atoms with Crippen molar-refractivity contribution in [3.05, 3.63) is 48.5 Å². The van der Waals surface area contributed by atoms with Crippen molar-refractivity contribution in [2.45, 2.75) is 6.92 Å². The number of pyridine rings is 1. The van der Waals surface area contributed by atoms with E-state index in [-0.39, 0.29) is 0 Å². The third kappa shape index (κ3) is 1.11. The molecule has 2 rings (SSSR count). The van der Waals surface area contributed by atoms with Gasteiger partial charge in [-0.1, -0.05) is 0 Å². The van der Waals surface area contributed by atoms with Crippen LogP contribution in [0.3, 0.4) is 0 Å². The van der Waals surface area contributed by atoms with Crippen LogP contribution in [0.5, 0.6) is 0 Å². The van der Waals surface area contributed by atoms with Crippen LogP contribution in [0.2, 0.25) is 0 Å². The molecule has 12 heavy (non-hydrogen) atoms. The van der Waals surface area contributed by atoms with E-state index in [1.165, 1.54) is 5.69 Å². The Labute approximate surface area is 71.5 Å². The molecule has 2 aromatic heterocycles. The molecule has 2 heterocycles. The molecule has 2 heteroatoms. The lowest BCUT2D eigenvalue weighted by atomic mass is 10.4. The fraction of sp³-hybridized carbons (Fsp3) is 0.100. The number of nitrogens with zero attached hydrogens (tertiary/aromatic N) is 2. The molecular formula is C10H10N2. The first-order valence-electron chi connectivity index (χ1n) is 3.92. The summed E-state index contributed by atoms with van der Waals surface area (Å²) in [6.45, 7) is 2.08. The molecular weight excluding hydrogens is 148 g/mol. The van der Waals surface area contributed by atoms with Gasteiger partial charge in [0, 0.05) is 18.1 Å². The molecule has 60 valence electrons. The van der Waals surface area contributed by atoms with E-state index < -0.39 is 0 Å². The van der Waals surface area contributed by atoms with Gasteiger partial charge in [0.15, 0.2) is 0 Å². The highest BCUT2D eigenvalue weighted by molar-refractivity contribution is 5.31. The Morgan fingerprint density at radius 1 is 1.25 bits per heavy atom. The number of aromatic nitrogens is 2. The number of aryl methyl sites for hydroxylation is 1. The standard InChI is InChI=1S/C10H10N2/c1-9-4-3-7-12(9)10-5-2-6-11-8-10/h2-8H,1H3. The van der Waals surface area contributed by atoms with Crippen LogP contribution in [0.25, 0.3) is 5.69 Å². The maximum absolute atomic E-state index is 4.06. The van der Waals surface area contributed by atoms with Gasteiger partial charge in [-0.3, -0.25) is 4.98 Å². The maximum atomic E-state index is 4.06. The van der Waals surface area contributed by atoms with E-state index in [0.717, 1.165) is 5.69 Å². The van der Waals surface area contributed by atoms with Crippen molar-refractivity contribution < 1.29 is 0 Å². The molecule has 0 spiro atoms. The zero-order chi connectivity index (χ0) is 8.39. The van der Waals surface area contributed by atoms with E-state index >= 15 is 0 Å². The van der Waals surface area contributed by atoms with Crippen LogP contribution < -0.4 is 0 Å². The summed E-state index contributed by atoms with van der Waals surface area (Å²) in [6, 6.07) is 8.09. The van der Waals surface area contributed by atoms with Gasteiger partial charge < -0.3 is 4.57 Å². The summed E-state index contributed by atoms with van der Waals surface area (Å²) in [5.41, 5.74) is 2.34. The highest BCUT2D eigenvalue weighted by Crippen LogP contribution is 2.09. The maximum Gasteiger partial charge on any atom is 0.0635 e. The van der Waals surface area contributed by atoms with Crippen molar-refractivity contribution in [3.8, 4) is 5.69 Å². The monoisotopic (exact) mass is 158 g/mol. The minimum atomic E-state index is 1.11. The van der Waals surface area contributed by atoms with Crippen molar-refractivity contribution in [2.24, 2.45) is 0 Å². The average Bonchev–Trinajstić information content (AvgIpc) is 2.53. The molecule has 2 nitrogen and oxygen atoms in total. The van der Waals surface area contributed by atoms with Crippen LogP contribution in [0.4, 0.5) is 0 Å². The second kappa shape index (κ2) is 2.81. The van der Waals surface area contributed by atoms with Crippen LogP contribution in [0.1, 0.15) is 5.69 Å². The smallest absolute Gasteiger partial charge is 0.0635 e. The Balaban J connectivity index is 2.51. The molecule has 0 bridgehead atoms. The Morgan fingerprint density at radius 3 is 2.75 bits per heavy atom. The Kier molecular flexibility index (Phi) is 1.67. The van der Waals surface area contributed by atoms with Gasteiger partial charge in [-0.25, -0.2) is 0 Å². The van der Waals surface area contributed by atoms with Crippen LogP contribution in [0, 0.1) is 6.92 Å². The lowest BCUT2D eigenvalue weighted by molar-refractivity contribution is 1.00. The minimum Gasteiger partial charge on any atom is -0.320 e. The van der Waals surface area contributed by atoms with Crippen molar-refractivity contribution in [3.63, 3.8) is 0 Å². The highest BCUT2D eigenvalue weighted by Gasteiger charge is 1.96. The summed E-state index contributed by atoms with van der Waals surface area (Å²) < 4.78 is 2.10. The second-order valence-corrected chi connectivity index (χ2v) is 2.73. The van der Waals surface area contributed by atoms with Gasteiger partial charge in [0.05, 0.1) is 11.9 Å². The van der Waals surface area contributed by atoms with Gasteiger partial charge in [-0.15, -0.1) is 0 Å². The summed E-state index contributed by atoms with van der Waals surface area (Å²) in [7, 11) is 0. The SMILES string of the molecule is Cc1cccn1-c1cccnc1. The van der Waals surface area contributed by atoms with Crippen molar-refractivity contribution in [2.75, 3.05) is 0 Å². The van der Waals surface area contributed by atoms with E-state index in [1.807, 2.05) is 30.6 Å². The first-order valence-corrected chi connectivity index (χ1v) is 3.92. The Hall–Kier alpha value is -1.57. The zero-order valence-electron chi connectivity index (χ0n) is 6.94. The molecule has 2 aromatic rings. The van der Waals surface area contributed by atoms with Gasteiger partial charge in [0.1, 0.15) is 0 Å². The molecule has 0 aromatic carbocycles. The highest BCUT2D eigenvalue weighted by atomic mass is 15.0. The molecule has 0 saturated heterocycles.